The molecule has 1 N–H and O–H groups in total. The van der Waals surface area contributed by atoms with Gasteiger partial charge in [-0.1, -0.05) is 30.3 Å². The molecule has 2 amide bonds. The zero-order valence-corrected chi connectivity index (χ0v) is 14.6. The Morgan fingerprint density at radius 1 is 1.36 bits per heavy atom. The van der Waals surface area contributed by atoms with Gasteiger partial charge in [-0.2, -0.15) is 0 Å². The zero-order valence-electron chi connectivity index (χ0n) is 13.7. The molecule has 7 heteroatoms. The lowest BCUT2D eigenvalue weighted by Gasteiger charge is -2.37. The minimum Gasteiger partial charge on any atom is -0.439 e. The summed E-state index contributed by atoms with van der Waals surface area (Å²) in [5.74, 6) is -0.0856. The summed E-state index contributed by atoms with van der Waals surface area (Å²) in [5, 5.41) is 5.44. The molecule has 2 aliphatic heterocycles. The van der Waals surface area contributed by atoms with Crippen LogP contribution in [0.15, 0.2) is 35.7 Å². The molecule has 3 heterocycles. The molecule has 0 aliphatic carbocycles. The minimum absolute atomic E-state index is 0.0856. The number of hydrogen-bond donors (Lipinski definition) is 1. The minimum atomic E-state index is -0.576. The van der Waals surface area contributed by atoms with Crippen molar-refractivity contribution in [2.45, 2.75) is 24.9 Å². The third-order valence-corrected chi connectivity index (χ3v) is 5.51. The molecule has 4 rings (SSSR count). The first kappa shape index (κ1) is 16.1. The second-order valence-electron chi connectivity index (χ2n) is 6.55. The number of ether oxygens (including phenoxy) is 1. The summed E-state index contributed by atoms with van der Waals surface area (Å²) in [7, 11) is 0. The number of amides is 2. The Morgan fingerprint density at radius 2 is 2.20 bits per heavy atom. The number of thiazole rings is 1. The standard InChI is InChI=1S/C18H19N3O3S/c22-16(21-8-4-7-18(12-21)11-19-17(23)24-18)14-10-25-15(20-14)9-13-5-2-1-3-6-13/h1-3,5-6,10H,4,7-9,11-12H2,(H,19,23)/t18-/m0/s1. The lowest BCUT2D eigenvalue weighted by Crippen LogP contribution is -2.52. The first-order valence-corrected chi connectivity index (χ1v) is 9.26. The summed E-state index contributed by atoms with van der Waals surface area (Å²) in [4.78, 5) is 30.5. The summed E-state index contributed by atoms with van der Waals surface area (Å²) in [6.07, 6.45) is 1.94. The maximum absolute atomic E-state index is 12.8. The van der Waals surface area contributed by atoms with Crippen LogP contribution in [0.1, 0.15) is 33.9 Å². The van der Waals surface area contributed by atoms with Gasteiger partial charge in [-0.05, 0) is 18.4 Å². The fourth-order valence-corrected chi connectivity index (χ4v) is 4.23. The van der Waals surface area contributed by atoms with Crippen LogP contribution >= 0.6 is 11.3 Å². The molecule has 0 radical (unpaired) electrons. The molecular weight excluding hydrogens is 338 g/mol. The topological polar surface area (TPSA) is 71.5 Å². The monoisotopic (exact) mass is 357 g/mol. The molecule has 0 unspecified atom stereocenters. The van der Waals surface area contributed by atoms with Crippen molar-refractivity contribution in [2.24, 2.45) is 0 Å². The molecular formula is C18H19N3O3S. The van der Waals surface area contributed by atoms with Gasteiger partial charge in [0.15, 0.2) is 0 Å². The SMILES string of the molecule is O=C1NC[C@]2(CCCN(C(=O)c3csc(Cc4ccccc4)n3)C2)O1. The van der Waals surface area contributed by atoms with Crippen molar-refractivity contribution in [3.63, 3.8) is 0 Å². The zero-order chi connectivity index (χ0) is 17.3. The average Bonchev–Trinajstić information content (AvgIpc) is 3.22. The molecule has 25 heavy (non-hydrogen) atoms. The summed E-state index contributed by atoms with van der Waals surface area (Å²) in [5.41, 5.74) is 1.08. The number of piperidine rings is 1. The van der Waals surface area contributed by atoms with Crippen LogP contribution in [0.3, 0.4) is 0 Å². The number of nitrogens with zero attached hydrogens (tertiary/aromatic N) is 2. The molecule has 6 nitrogen and oxygen atoms in total. The van der Waals surface area contributed by atoms with Gasteiger partial charge in [-0.3, -0.25) is 4.79 Å². The molecule has 1 atom stereocenters. The van der Waals surface area contributed by atoms with Gasteiger partial charge in [0, 0.05) is 18.3 Å². The Bertz CT molecular complexity index is 792. The van der Waals surface area contributed by atoms with Crippen molar-refractivity contribution < 1.29 is 14.3 Å². The third-order valence-electron chi connectivity index (χ3n) is 4.66. The van der Waals surface area contributed by atoms with Crippen LogP contribution in [0.2, 0.25) is 0 Å². The number of alkyl carbamates (subject to hydrolysis) is 1. The normalized spacial score (nSPS) is 22.7. The predicted octanol–water partition coefficient (Wildman–Crippen LogP) is 2.45. The van der Waals surface area contributed by atoms with Crippen molar-refractivity contribution in [3.8, 4) is 0 Å². The van der Waals surface area contributed by atoms with Gasteiger partial charge < -0.3 is 15.0 Å². The Hall–Kier alpha value is -2.41. The van der Waals surface area contributed by atoms with E-state index in [4.69, 9.17) is 4.74 Å². The maximum atomic E-state index is 12.8. The molecule has 2 aliphatic rings. The lowest BCUT2D eigenvalue weighted by atomic mass is 9.93. The highest BCUT2D eigenvalue weighted by Gasteiger charge is 2.45. The van der Waals surface area contributed by atoms with E-state index in [9.17, 15) is 9.59 Å². The molecule has 2 fully saturated rings. The van der Waals surface area contributed by atoms with Gasteiger partial charge in [-0.25, -0.2) is 9.78 Å². The van der Waals surface area contributed by atoms with E-state index in [1.165, 1.54) is 16.9 Å². The van der Waals surface area contributed by atoms with Crippen molar-refractivity contribution in [1.82, 2.24) is 15.2 Å². The second-order valence-corrected chi connectivity index (χ2v) is 7.49. The van der Waals surface area contributed by atoms with Crippen molar-refractivity contribution >= 4 is 23.3 Å². The fourth-order valence-electron chi connectivity index (χ4n) is 3.42. The summed E-state index contributed by atoms with van der Waals surface area (Å²) in [6.45, 7) is 1.56. The van der Waals surface area contributed by atoms with Crippen LogP contribution in [0.5, 0.6) is 0 Å². The van der Waals surface area contributed by atoms with Crippen LogP contribution in [0.4, 0.5) is 4.79 Å². The predicted molar refractivity (Wildman–Crippen MR) is 93.7 cm³/mol. The number of nitrogens with one attached hydrogen (secondary N) is 1. The average molecular weight is 357 g/mol. The van der Waals surface area contributed by atoms with Gasteiger partial charge in [-0.15, -0.1) is 11.3 Å². The Morgan fingerprint density at radius 3 is 2.96 bits per heavy atom. The fraction of sp³-hybridized carbons (Fsp3) is 0.389. The van der Waals surface area contributed by atoms with Gasteiger partial charge in [0.05, 0.1) is 18.1 Å². The number of aromatic nitrogens is 1. The van der Waals surface area contributed by atoms with E-state index >= 15 is 0 Å². The van der Waals surface area contributed by atoms with Gasteiger partial charge in [0.25, 0.3) is 5.91 Å². The Labute approximate surface area is 149 Å². The third kappa shape index (κ3) is 3.37. The molecule has 0 bridgehead atoms. The number of carbonyl (C=O) groups excluding carboxylic acids is 2. The van der Waals surface area contributed by atoms with E-state index in [0.717, 1.165) is 24.3 Å². The van der Waals surface area contributed by atoms with Crippen molar-refractivity contribution in [3.05, 3.63) is 52.0 Å². The molecule has 130 valence electrons. The molecule has 0 saturated carbocycles. The van der Waals surface area contributed by atoms with E-state index in [-0.39, 0.29) is 5.91 Å². The first-order chi connectivity index (χ1) is 12.1. The van der Waals surface area contributed by atoms with E-state index in [1.807, 2.05) is 23.6 Å². The van der Waals surface area contributed by atoms with E-state index in [0.29, 0.717) is 25.3 Å². The van der Waals surface area contributed by atoms with E-state index in [1.54, 1.807) is 4.90 Å². The lowest BCUT2D eigenvalue weighted by molar-refractivity contribution is -0.00521. The number of hydrogen-bond acceptors (Lipinski definition) is 5. The quantitative estimate of drug-likeness (QED) is 0.916. The first-order valence-electron chi connectivity index (χ1n) is 8.38. The Balaban J connectivity index is 1.45. The largest absolute Gasteiger partial charge is 0.439 e. The second kappa shape index (κ2) is 6.48. The van der Waals surface area contributed by atoms with Gasteiger partial charge in [0.1, 0.15) is 11.3 Å². The maximum Gasteiger partial charge on any atom is 0.407 e. The molecule has 2 saturated heterocycles. The summed E-state index contributed by atoms with van der Waals surface area (Å²) < 4.78 is 5.43. The van der Waals surface area contributed by atoms with Crippen LogP contribution in [-0.2, 0) is 11.2 Å². The van der Waals surface area contributed by atoms with E-state index in [2.05, 4.69) is 22.4 Å². The number of likely N-dealkylation sites (tertiary alicyclic amines) is 1. The van der Waals surface area contributed by atoms with Crippen LogP contribution in [0, 0.1) is 0 Å². The van der Waals surface area contributed by atoms with E-state index < -0.39 is 11.7 Å². The molecule has 1 aromatic heterocycles. The molecule has 2 aromatic rings. The van der Waals surface area contributed by atoms with Crippen LogP contribution in [0.25, 0.3) is 0 Å². The molecule has 1 aromatic carbocycles. The summed E-state index contributed by atoms with van der Waals surface area (Å²) >= 11 is 1.50. The summed E-state index contributed by atoms with van der Waals surface area (Å²) in [6, 6.07) is 10.1. The van der Waals surface area contributed by atoms with Crippen molar-refractivity contribution in [2.75, 3.05) is 19.6 Å². The highest BCUT2D eigenvalue weighted by atomic mass is 32.1. The van der Waals surface area contributed by atoms with Gasteiger partial charge >= 0.3 is 6.09 Å². The van der Waals surface area contributed by atoms with Crippen LogP contribution in [-0.4, -0.2) is 47.1 Å². The molecule has 1 spiro atoms. The van der Waals surface area contributed by atoms with Crippen LogP contribution < -0.4 is 5.32 Å². The highest BCUT2D eigenvalue weighted by molar-refractivity contribution is 7.09. The highest BCUT2D eigenvalue weighted by Crippen LogP contribution is 2.29. The number of rotatable bonds is 3. The number of carbonyl (C=O) groups is 2. The smallest absolute Gasteiger partial charge is 0.407 e. The van der Waals surface area contributed by atoms with Crippen molar-refractivity contribution in [1.29, 1.82) is 0 Å². The van der Waals surface area contributed by atoms with Gasteiger partial charge in [0.2, 0.25) is 0 Å². The number of benzene rings is 1. The Kier molecular flexibility index (Phi) is 4.17.